The summed E-state index contributed by atoms with van der Waals surface area (Å²) >= 11 is 0. The Morgan fingerprint density at radius 1 is 1.50 bits per heavy atom. The molecule has 1 saturated carbocycles. The molecule has 0 unspecified atom stereocenters. The fourth-order valence-electron chi connectivity index (χ4n) is 1.73. The molecule has 1 aliphatic rings. The molecule has 0 radical (unpaired) electrons. The number of aromatic hydroxyl groups is 1. The molecule has 1 aromatic carbocycles. The number of rotatable bonds is 4. The number of halogens is 1. The van der Waals surface area contributed by atoms with Gasteiger partial charge in [-0.2, -0.15) is 0 Å². The minimum atomic E-state index is -0.400. The van der Waals surface area contributed by atoms with Crippen molar-refractivity contribution in [2.75, 3.05) is 7.11 Å². The maximum absolute atomic E-state index is 13.5. The highest BCUT2D eigenvalue weighted by molar-refractivity contribution is 5.42. The average molecular weight is 225 g/mol. The Morgan fingerprint density at radius 3 is 2.75 bits per heavy atom. The third-order valence-corrected chi connectivity index (χ3v) is 3.13. The second-order valence-corrected chi connectivity index (χ2v) is 4.48. The van der Waals surface area contributed by atoms with Gasteiger partial charge in [0.2, 0.25) is 0 Å². The van der Waals surface area contributed by atoms with Crippen molar-refractivity contribution in [1.82, 2.24) is 0 Å². The molecule has 1 aromatic rings. The predicted octanol–water partition coefficient (Wildman–Crippen LogP) is 1.96. The number of nitrogens with two attached hydrogens (primary N) is 1. The van der Waals surface area contributed by atoms with E-state index in [2.05, 4.69) is 0 Å². The molecule has 0 aromatic heterocycles. The van der Waals surface area contributed by atoms with Gasteiger partial charge in [0.1, 0.15) is 5.82 Å². The largest absolute Gasteiger partial charge is 0.504 e. The van der Waals surface area contributed by atoms with Gasteiger partial charge < -0.3 is 15.6 Å². The van der Waals surface area contributed by atoms with Gasteiger partial charge in [-0.15, -0.1) is 0 Å². The Kier molecular flexibility index (Phi) is 2.76. The number of phenols is 1. The summed E-state index contributed by atoms with van der Waals surface area (Å²) in [5.41, 5.74) is 6.40. The molecule has 3 N–H and O–H groups in total. The van der Waals surface area contributed by atoms with Crippen molar-refractivity contribution in [2.45, 2.75) is 31.2 Å². The number of methoxy groups -OCH3 is 1. The van der Waals surface area contributed by atoms with Crippen LogP contribution in [0, 0.1) is 5.82 Å². The van der Waals surface area contributed by atoms with Gasteiger partial charge in [-0.25, -0.2) is 4.39 Å². The molecular weight excluding hydrogens is 209 g/mol. The van der Waals surface area contributed by atoms with Crippen molar-refractivity contribution < 1.29 is 14.2 Å². The third kappa shape index (κ3) is 2.27. The van der Waals surface area contributed by atoms with Crippen molar-refractivity contribution in [3.63, 3.8) is 0 Å². The topological polar surface area (TPSA) is 55.5 Å². The Hall–Kier alpha value is -1.29. The number of hydrogen-bond acceptors (Lipinski definition) is 3. The first-order valence-corrected chi connectivity index (χ1v) is 5.38. The predicted molar refractivity (Wildman–Crippen MR) is 59.1 cm³/mol. The van der Waals surface area contributed by atoms with E-state index in [1.54, 1.807) is 0 Å². The molecule has 88 valence electrons. The molecule has 16 heavy (non-hydrogen) atoms. The highest BCUT2D eigenvalue weighted by atomic mass is 19.1. The molecule has 0 atom stereocenters. The average Bonchev–Trinajstić information content (AvgIpc) is 2.96. The van der Waals surface area contributed by atoms with Crippen LogP contribution in [-0.4, -0.2) is 17.8 Å². The Balaban J connectivity index is 2.13. The lowest BCUT2D eigenvalue weighted by molar-refractivity contribution is 0.369. The molecule has 0 saturated heterocycles. The van der Waals surface area contributed by atoms with Crippen molar-refractivity contribution in [3.8, 4) is 11.5 Å². The van der Waals surface area contributed by atoms with E-state index in [-0.39, 0.29) is 11.3 Å². The first-order valence-electron chi connectivity index (χ1n) is 5.38. The lowest BCUT2D eigenvalue weighted by Gasteiger charge is -2.11. The zero-order valence-electron chi connectivity index (χ0n) is 9.29. The van der Waals surface area contributed by atoms with E-state index in [0.717, 1.165) is 25.3 Å². The van der Waals surface area contributed by atoms with Crippen LogP contribution in [0.5, 0.6) is 11.5 Å². The van der Waals surface area contributed by atoms with E-state index in [4.69, 9.17) is 10.5 Å². The van der Waals surface area contributed by atoms with Gasteiger partial charge in [0, 0.05) is 11.6 Å². The lowest BCUT2D eigenvalue weighted by Crippen LogP contribution is -2.22. The SMILES string of the molecule is COc1cc(CCC2(N)CC2)c(F)cc1O. The monoisotopic (exact) mass is 225 g/mol. The molecule has 4 heteroatoms. The number of hydrogen-bond donors (Lipinski definition) is 2. The van der Waals surface area contributed by atoms with Crippen LogP contribution in [0.4, 0.5) is 4.39 Å². The highest BCUT2D eigenvalue weighted by Crippen LogP contribution is 2.37. The van der Waals surface area contributed by atoms with Crippen LogP contribution in [0.15, 0.2) is 12.1 Å². The third-order valence-electron chi connectivity index (χ3n) is 3.13. The summed E-state index contributed by atoms with van der Waals surface area (Å²) in [6.45, 7) is 0. The van der Waals surface area contributed by atoms with E-state index in [1.807, 2.05) is 0 Å². The van der Waals surface area contributed by atoms with Crippen LogP contribution in [0.25, 0.3) is 0 Å². The molecule has 1 fully saturated rings. The number of benzene rings is 1. The standard InChI is InChI=1S/C12H16FNO2/c1-16-11-6-8(9(13)7-10(11)15)2-3-12(14)4-5-12/h6-7,15H,2-5,14H2,1H3. The fourth-order valence-corrected chi connectivity index (χ4v) is 1.73. The van der Waals surface area contributed by atoms with E-state index in [9.17, 15) is 9.50 Å². The zero-order chi connectivity index (χ0) is 11.8. The quantitative estimate of drug-likeness (QED) is 0.823. The maximum Gasteiger partial charge on any atom is 0.160 e. The van der Waals surface area contributed by atoms with Gasteiger partial charge in [-0.1, -0.05) is 0 Å². The van der Waals surface area contributed by atoms with E-state index < -0.39 is 5.82 Å². The number of ether oxygens (including phenoxy) is 1. The van der Waals surface area contributed by atoms with Crippen LogP contribution in [-0.2, 0) is 6.42 Å². The van der Waals surface area contributed by atoms with E-state index >= 15 is 0 Å². The lowest BCUT2D eigenvalue weighted by atomic mass is 10.0. The summed E-state index contributed by atoms with van der Waals surface area (Å²) in [5, 5.41) is 9.37. The Labute approximate surface area is 94.0 Å². The molecule has 0 heterocycles. The first-order chi connectivity index (χ1) is 7.54. The van der Waals surface area contributed by atoms with E-state index in [0.29, 0.717) is 17.7 Å². The minimum Gasteiger partial charge on any atom is -0.504 e. The van der Waals surface area contributed by atoms with Crippen LogP contribution in [0.3, 0.4) is 0 Å². The smallest absolute Gasteiger partial charge is 0.160 e. The first kappa shape index (κ1) is 11.2. The van der Waals surface area contributed by atoms with Crippen molar-refractivity contribution in [1.29, 1.82) is 0 Å². The summed E-state index contributed by atoms with van der Waals surface area (Å²) in [5.74, 6) is -0.265. The molecule has 2 rings (SSSR count). The highest BCUT2D eigenvalue weighted by Gasteiger charge is 2.37. The van der Waals surface area contributed by atoms with Crippen LogP contribution < -0.4 is 10.5 Å². The van der Waals surface area contributed by atoms with Crippen molar-refractivity contribution in [2.24, 2.45) is 5.73 Å². The second-order valence-electron chi connectivity index (χ2n) is 4.48. The normalized spacial score (nSPS) is 17.2. The molecule has 3 nitrogen and oxygen atoms in total. The molecule has 1 aliphatic carbocycles. The second kappa shape index (κ2) is 3.94. The van der Waals surface area contributed by atoms with Crippen molar-refractivity contribution in [3.05, 3.63) is 23.5 Å². The molecular formula is C12H16FNO2. The number of aryl methyl sites for hydroxylation is 1. The molecule has 0 bridgehead atoms. The van der Waals surface area contributed by atoms with Crippen LogP contribution in [0.2, 0.25) is 0 Å². The van der Waals surface area contributed by atoms with Gasteiger partial charge >= 0.3 is 0 Å². The summed E-state index contributed by atoms with van der Waals surface area (Å²) in [4.78, 5) is 0. The summed E-state index contributed by atoms with van der Waals surface area (Å²) < 4.78 is 18.4. The van der Waals surface area contributed by atoms with Gasteiger partial charge in [-0.3, -0.25) is 0 Å². The van der Waals surface area contributed by atoms with Gasteiger partial charge in [0.25, 0.3) is 0 Å². The van der Waals surface area contributed by atoms with Gasteiger partial charge in [0.05, 0.1) is 7.11 Å². The molecule has 0 spiro atoms. The maximum atomic E-state index is 13.5. The minimum absolute atomic E-state index is 0.0858. The number of phenolic OH excluding ortho intramolecular Hbond substituents is 1. The zero-order valence-corrected chi connectivity index (χ0v) is 9.29. The Bertz CT molecular complexity index is 402. The van der Waals surface area contributed by atoms with E-state index in [1.165, 1.54) is 13.2 Å². The summed E-state index contributed by atoms with van der Waals surface area (Å²) in [7, 11) is 1.45. The van der Waals surface area contributed by atoms with Gasteiger partial charge in [0.15, 0.2) is 11.5 Å². The fraction of sp³-hybridized carbons (Fsp3) is 0.500. The van der Waals surface area contributed by atoms with Crippen molar-refractivity contribution >= 4 is 0 Å². The molecule has 0 aliphatic heterocycles. The van der Waals surface area contributed by atoms with Crippen LogP contribution in [0.1, 0.15) is 24.8 Å². The molecule has 0 amide bonds. The summed E-state index contributed by atoms with van der Waals surface area (Å²) in [6.07, 6.45) is 3.39. The summed E-state index contributed by atoms with van der Waals surface area (Å²) in [6, 6.07) is 2.63. The Morgan fingerprint density at radius 2 is 2.19 bits per heavy atom. The van der Waals surface area contributed by atoms with Gasteiger partial charge in [-0.05, 0) is 37.3 Å². The van der Waals surface area contributed by atoms with Crippen LogP contribution >= 0.6 is 0 Å².